The number of carbonyl (C=O) groups excluding carboxylic acids is 1. The maximum Gasteiger partial charge on any atom is 0.220 e. The summed E-state index contributed by atoms with van der Waals surface area (Å²) in [7, 11) is 0. The highest BCUT2D eigenvalue weighted by molar-refractivity contribution is 6.42. The first kappa shape index (κ1) is 18.5. The van der Waals surface area contributed by atoms with E-state index in [-0.39, 0.29) is 11.9 Å². The van der Waals surface area contributed by atoms with E-state index < -0.39 is 0 Å². The molecule has 0 saturated carbocycles. The molecule has 6 heteroatoms. The number of oxazole rings is 1. The van der Waals surface area contributed by atoms with Crippen molar-refractivity contribution in [3.8, 4) is 11.3 Å². The van der Waals surface area contributed by atoms with Gasteiger partial charge in [0, 0.05) is 18.4 Å². The minimum atomic E-state index is -0.165. The highest BCUT2D eigenvalue weighted by atomic mass is 35.5. The molecule has 3 rings (SSSR count). The molecule has 0 unspecified atom stereocenters. The lowest BCUT2D eigenvalue weighted by Gasteiger charge is -2.14. The molecule has 2 aromatic carbocycles. The summed E-state index contributed by atoms with van der Waals surface area (Å²) in [5, 5.41) is 3.90. The SMILES string of the molecule is C[C@@H](NC(=O)CCc1ncc(-c2ccccc2)o1)c1ccc(Cl)c(Cl)c1. The number of halogens is 2. The molecule has 26 heavy (non-hydrogen) atoms. The Morgan fingerprint density at radius 2 is 1.92 bits per heavy atom. The predicted octanol–water partition coefficient (Wildman–Crippen LogP) is 5.46. The number of hydrogen-bond acceptors (Lipinski definition) is 3. The normalized spacial score (nSPS) is 12.0. The van der Waals surface area contributed by atoms with Crippen molar-refractivity contribution in [2.75, 3.05) is 0 Å². The zero-order valence-corrected chi connectivity index (χ0v) is 15.7. The first-order chi connectivity index (χ1) is 12.5. The maximum absolute atomic E-state index is 12.2. The van der Waals surface area contributed by atoms with E-state index in [2.05, 4.69) is 10.3 Å². The second kappa shape index (κ2) is 8.39. The van der Waals surface area contributed by atoms with Gasteiger partial charge in [-0.3, -0.25) is 4.79 Å². The number of nitrogens with one attached hydrogen (secondary N) is 1. The maximum atomic E-state index is 12.2. The summed E-state index contributed by atoms with van der Waals surface area (Å²) in [4.78, 5) is 16.4. The standard InChI is InChI=1S/C20H18Cl2N2O2/c1-13(15-7-8-16(21)17(22)11-15)24-19(25)9-10-20-23-12-18(26-20)14-5-3-2-4-6-14/h2-8,11-13H,9-10H2,1H3,(H,24,25)/t13-/m1/s1. The van der Waals surface area contributed by atoms with Gasteiger partial charge in [-0.15, -0.1) is 0 Å². The van der Waals surface area contributed by atoms with E-state index in [0.29, 0.717) is 34.5 Å². The molecule has 0 aliphatic carbocycles. The molecule has 0 aliphatic rings. The molecule has 3 aromatic rings. The van der Waals surface area contributed by atoms with Gasteiger partial charge in [0.1, 0.15) is 0 Å². The van der Waals surface area contributed by atoms with Crippen LogP contribution in [0.2, 0.25) is 10.0 Å². The van der Waals surface area contributed by atoms with E-state index in [1.165, 1.54) is 0 Å². The van der Waals surface area contributed by atoms with Crippen molar-refractivity contribution in [2.45, 2.75) is 25.8 Å². The van der Waals surface area contributed by atoms with Crippen molar-refractivity contribution in [1.82, 2.24) is 10.3 Å². The number of aromatic nitrogens is 1. The van der Waals surface area contributed by atoms with Gasteiger partial charge in [-0.05, 0) is 24.6 Å². The molecule has 1 N–H and O–H groups in total. The fourth-order valence-electron chi connectivity index (χ4n) is 2.56. The molecule has 0 saturated heterocycles. The van der Waals surface area contributed by atoms with Gasteiger partial charge in [-0.25, -0.2) is 4.98 Å². The smallest absolute Gasteiger partial charge is 0.220 e. The lowest BCUT2D eigenvalue weighted by atomic mass is 10.1. The fraction of sp³-hybridized carbons (Fsp3) is 0.200. The van der Waals surface area contributed by atoms with Crippen molar-refractivity contribution in [2.24, 2.45) is 0 Å². The Hall–Kier alpha value is -2.30. The fourth-order valence-corrected chi connectivity index (χ4v) is 2.87. The zero-order chi connectivity index (χ0) is 18.5. The average molecular weight is 389 g/mol. The van der Waals surface area contributed by atoms with Crippen molar-refractivity contribution >= 4 is 29.1 Å². The quantitative estimate of drug-likeness (QED) is 0.609. The Morgan fingerprint density at radius 3 is 2.65 bits per heavy atom. The zero-order valence-electron chi connectivity index (χ0n) is 14.2. The van der Waals surface area contributed by atoms with Crippen LogP contribution in [0.15, 0.2) is 59.1 Å². The van der Waals surface area contributed by atoms with Gasteiger partial charge in [-0.2, -0.15) is 0 Å². The Labute approximate surface area is 162 Å². The minimum absolute atomic E-state index is 0.0805. The van der Waals surface area contributed by atoms with Crippen LogP contribution in [0, 0.1) is 0 Å². The van der Waals surface area contributed by atoms with Crippen LogP contribution in [-0.2, 0) is 11.2 Å². The van der Waals surface area contributed by atoms with E-state index in [0.717, 1.165) is 11.1 Å². The van der Waals surface area contributed by atoms with Gasteiger partial charge in [-0.1, -0.05) is 59.6 Å². The Bertz CT molecular complexity index is 894. The first-order valence-corrected chi connectivity index (χ1v) is 9.03. The van der Waals surface area contributed by atoms with Crippen LogP contribution in [0.5, 0.6) is 0 Å². The van der Waals surface area contributed by atoms with E-state index in [4.69, 9.17) is 27.6 Å². The molecule has 1 amide bonds. The van der Waals surface area contributed by atoms with Crippen LogP contribution in [0.4, 0.5) is 0 Å². The molecule has 0 radical (unpaired) electrons. The molecule has 0 aliphatic heterocycles. The van der Waals surface area contributed by atoms with Crippen LogP contribution in [-0.4, -0.2) is 10.9 Å². The summed E-state index contributed by atoms with van der Waals surface area (Å²) in [6.07, 6.45) is 2.41. The van der Waals surface area contributed by atoms with Crippen molar-refractivity contribution in [3.63, 3.8) is 0 Å². The Balaban J connectivity index is 1.54. The third-order valence-corrected chi connectivity index (χ3v) is 4.74. The molecular formula is C20H18Cl2N2O2. The highest BCUT2D eigenvalue weighted by Gasteiger charge is 2.13. The molecule has 1 atom stereocenters. The van der Waals surface area contributed by atoms with Gasteiger partial charge in [0.25, 0.3) is 0 Å². The molecule has 0 spiro atoms. The van der Waals surface area contributed by atoms with Gasteiger partial charge in [0.2, 0.25) is 5.91 Å². The summed E-state index contributed by atoms with van der Waals surface area (Å²) in [6, 6.07) is 14.9. The molecule has 0 bridgehead atoms. The number of aryl methyl sites for hydroxylation is 1. The second-order valence-corrected chi connectivity index (χ2v) is 6.76. The van der Waals surface area contributed by atoms with Crippen LogP contribution >= 0.6 is 23.2 Å². The summed E-state index contributed by atoms with van der Waals surface area (Å²) in [6.45, 7) is 1.90. The van der Waals surface area contributed by atoms with E-state index in [1.54, 1.807) is 18.3 Å². The number of nitrogens with zero attached hydrogens (tertiary/aromatic N) is 1. The monoisotopic (exact) mass is 388 g/mol. The summed E-state index contributed by atoms with van der Waals surface area (Å²) in [5.41, 5.74) is 1.86. The van der Waals surface area contributed by atoms with Gasteiger partial charge in [0.05, 0.1) is 22.3 Å². The molecule has 134 valence electrons. The van der Waals surface area contributed by atoms with Gasteiger partial charge in [0.15, 0.2) is 11.7 Å². The Kier molecular flexibility index (Phi) is 5.96. The predicted molar refractivity (Wildman–Crippen MR) is 103 cm³/mol. The molecule has 4 nitrogen and oxygen atoms in total. The number of benzene rings is 2. The summed E-state index contributed by atoms with van der Waals surface area (Å²) in [5.74, 6) is 1.16. The molecular weight excluding hydrogens is 371 g/mol. The second-order valence-electron chi connectivity index (χ2n) is 5.95. The third-order valence-electron chi connectivity index (χ3n) is 4.00. The lowest BCUT2D eigenvalue weighted by molar-refractivity contribution is -0.121. The molecule has 0 fully saturated rings. The average Bonchev–Trinajstić information content (AvgIpc) is 3.12. The van der Waals surface area contributed by atoms with Crippen LogP contribution in [0.25, 0.3) is 11.3 Å². The number of carbonyl (C=O) groups is 1. The first-order valence-electron chi connectivity index (χ1n) is 8.27. The number of hydrogen-bond donors (Lipinski definition) is 1. The van der Waals surface area contributed by atoms with Crippen molar-refractivity contribution in [1.29, 1.82) is 0 Å². The summed E-state index contributed by atoms with van der Waals surface area (Å²) >= 11 is 11.9. The van der Waals surface area contributed by atoms with Crippen LogP contribution in [0.1, 0.15) is 30.8 Å². The van der Waals surface area contributed by atoms with E-state index >= 15 is 0 Å². The summed E-state index contributed by atoms with van der Waals surface area (Å²) < 4.78 is 5.72. The minimum Gasteiger partial charge on any atom is -0.441 e. The van der Waals surface area contributed by atoms with Crippen LogP contribution in [0.3, 0.4) is 0 Å². The van der Waals surface area contributed by atoms with Crippen molar-refractivity contribution < 1.29 is 9.21 Å². The highest BCUT2D eigenvalue weighted by Crippen LogP contribution is 2.25. The third kappa shape index (κ3) is 4.65. The van der Waals surface area contributed by atoms with Gasteiger partial charge < -0.3 is 9.73 Å². The number of rotatable bonds is 6. The molecule has 1 aromatic heterocycles. The van der Waals surface area contributed by atoms with Gasteiger partial charge >= 0.3 is 0 Å². The lowest BCUT2D eigenvalue weighted by Crippen LogP contribution is -2.26. The van der Waals surface area contributed by atoms with E-state index in [9.17, 15) is 4.79 Å². The van der Waals surface area contributed by atoms with Crippen molar-refractivity contribution in [3.05, 3.63) is 76.2 Å². The Morgan fingerprint density at radius 1 is 1.15 bits per heavy atom. The topological polar surface area (TPSA) is 55.1 Å². The van der Waals surface area contributed by atoms with E-state index in [1.807, 2.05) is 43.3 Å². The largest absolute Gasteiger partial charge is 0.441 e. The van der Waals surface area contributed by atoms with Crippen LogP contribution < -0.4 is 5.32 Å². The number of amides is 1. The molecule has 1 heterocycles.